The normalized spacial score (nSPS) is 12.7. The molecule has 1 unspecified atom stereocenters. The molecule has 0 amide bonds. The molecule has 7 heteroatoms. The van der Waals surface area contributed by atoms with Gasteiger partial charge in [0.1, 0.15) is 18.1 Å². The molecule has 2 aromatic heterocycles. The Kier molecular flexibility index (Phi) is 10.3. The number of halogens is 1. The summed E-state index contributed by atoms with van der Waals surface area (Å²) in [5.74, 6) is 2.59. The standard InChI is InChI=1S/C18H28N4O2.HI/c1-4-19-18(20-13-15-9-7-11-23-15)21-14-16(22(5-2)6-3)17-10-8-12-24-17;/h7-12,16H,4-6,13-14H2,1-3H3,(H2,19,20,21);1H. The lowest BCUT2D eigenvalue weighted by Crippen LogP contribution is -2.43. The Balaban J connectivity index is 0.00000312. The van der Waals surface area contributed by atoms with Gasteiger partial charge in [-0.3, -0.25) is 4.90 Å². The summed E-state index contributed by atoms with van der Waals surface area (Å²) in [6.07, 6.45) is 3.39. The summed E-state index contributed by atoms with van der Waals surface area (Å²) in [5, 5.41) is 6.68. The van der Waals surface area contributed by atoms with Crippen molar-refractivity contribution in [3.63, 3.8) is 0 Å². The quantitative estimate of drug-likeness (QED) is 0.340. The molecular formula is C18H29IN4O2. The van der Waals surface area contributed by atoms with E-state index in [1.54, 1.807) is 12.5 Å². The molecule has 0 aliphatic carbocycles. The van der Waals surface area contributed by atoms with Crippen molar-refractivity contribution < 1.29 is 8.83 Å². The van der Waals surface area contributed by atoms with Crippen LogP contribution < -0.4 is 10.6 Å². The molecule has 0 radical (unpaired) electrons. The predicted molar refractivity (Wildman–Crippen MR) is 111 cm³/mol. The van der Waals surface area contributed by atoms with Crippen LogP contribution in [0.3, 0.4) is 0 Å². The maximum atomic E-state index is 5.63. The lowest BCUT2D eigenvalue weighted by atomic mass is 10.2. The Hall–Kier alpha value is -1.48. The van der Waals surface area contributed by atoms with E-state index in [2.05, 4.69) is 41.3 Å². The van der Waals surface area contributed by atoms with Gasteiger partial charge < -0.3 is 19.5 Å². The molecule has 0 aromatic carbocycles. The summed E-state index contributed by atoms with van der Waals surface area (Å²) in [6.45, 7) is 10.3. The smallest absolute Gasteiger partial charge is 0.191 e. The third-order valence-corrected chi connectivity index (χ3v) is 3.90. The van der Waals surface area contributed by atoms with Crippen LogP contribution in [0, 0.1) is 0 Å². The van der Waals surface area contributed by atoms with Gasteiger partial charge in [0.25, 0.3) is 0 Å². The molecule has 0 aliphatic rings. The van der Waals surface area contributed by atoms with Crippen molar-refractivity contribution in [3.8, 4) is 0 Å². The molecule has 2 heterocycles. The SMILES string of the molecule is CCNC(=NCc1ccco1)NCC(c1ccco1)N(CC)CC.I. The van der Waals surface area contributed by atoms with Crippen molar-refractivity contribution in [2.45, 2.75) is 33.4 Å². The Morgan fingerprint density at radius 2 is 1.80 bits per heavy atom. The van der Waals surface area contributed by atoms with E-state index in [1.807, 2.05) is 24.3 Å². The first-order valence-corrected chi connectivity index (χ1v) is 8.60. The van der Waals surface area contributed by atoms with Crippen molar-refractivity contribution in [2.24, 2.45) is 4.99 Å². The van der Waals surface area contributed by atoms with Crippen molar-refractivity contribution >= 4 is 29.9 Å². The first-order chi connectivity index (χ1) is 11.8. The van der Waals surface area contributed by atoms with Gasteiger partial charge in [0.15, 0.2) is 5.96 Å². The molecule has 6 nitrogen and oxygen atoms in total. The molecule has 140 valence electrons. The number of hydrogen-bond acceptors (Lipinski definition) is 4. The van der Waals surface area contributed by atoms with Crippen LogP contribution in [0.25, 0.3) is 0 Å². The fraction of sp³-hybridized carbons (Fsp3) is 0.500. The molecule has 2 rings (SSSR count). The zero-order valence-electron chi connectivity index (χ0n) is 15.2. The first kappa shape index (κ1) is 21.6. The monoisotopic (exact) mass is 460 g/mol. The van der Waals surface area contributed by atoms with Gasteiger partial charge in [-0.15, -0.1) is 24.0 Å². The van der Waals surface area contributed by atoms with Crippen molar-refractivity contribution in [1.82, 2.24) is 15.5 Å². The van der Waals surface area contributed by atoms with Crippen LogP contribution in [0.1, 0.15) is 38.3 Å². The highest BCUT2D eigenvalue weighted by atomic mass is 127. The third kappa shape index (κ3) is 6.74. The summed E-state index contributed by atoms with van der Waals surface area (Å²) >= 11 is 0. The molecule has 25 heavy (non-hydrogen) atoms. The predicted octanol–water partition coefficient (Wildman–Crippen LogP) is 3.63. The number of nitrogens with zero attached hydrogens (tertiary/aromatic N) is 2. The lowest BCUT2D eigenvalue weighted by Gasteiger charge is -2.28. The topological polar surface area (TPSA) is 65.9 Å². The van der Waals surface area contributed by atoms with Crippen molar-refractivity contribution in [2.75, 3.05) is 26.2 Å². The van der Waals surface area contributed by atoms with Crippen LogP contribution in [0.15, 0.2) is 50.6 Å². The number of furan rings is 2. The average Bonchev–Trinajstić information content (AvgIpc) is 3.29. The summed E-state index contributed by atoms with van der Waals surface area (Å²) in [6, 6.07) is 7.93. The number of aliphatic imine (C=N–C) groups is 1. The van der Waals surface area contributed by atoms with E-state index in [-0.39, 0.29) is 30.0 Å². The molecule has 0 fully saturated rings. The molecule has 0 spiro atoms. The van der Waals surface area contributed by atoms with Crippen molar-refractivity contribution in [3.05, 3.63) is 48.3 Å². The minimum Gasteiger partial charge on any atom is -0.468 e. The van der Waals surface area contributed by atoms with Crippen LogP contribution in [0.2, 0.25) is 0 Å². The molecule has 0 saturated heterocycles. The Morgan fingerprint density at radius 3 is 2.36 bits per heavy atom. The van der Waals surface area contributed by atoms with Crippen LogP contribution in [-0.2, 0) is 6.54 Å². The minimum atomic E-state index is 0. The van der Waals surface area contributed by atoms with E-state index >= 15 is 0 Å². The van der Waals surface area contributed by atoms with Gasteiger partial charge in [-0.25, -0.2) is 4.99 Å². The number of guanidine groups is 1. The Bertz CT molecular complexity index is 580. The number of likely N-dealkylation sites (N-methyl/N-ethyl adjacent to an activating group) is 1. The van der Waals surface area contributed by atoms with Gasteiger partial charge in [0.05, 0.1) is 18.6 Å². The third-order valence-electron chi connectivity index (χ3n) is 3.90. The molecule has 2 N–H and O–H groups in total. The number of rotatable bonds is 9. The fourth-order valence-corrected chi connectivity index (χ4v) is 2.65. The van der Waals surface area contributed by atoms with E-state index < -0.39 is 0 Å². The highest BCUT2D eigenvalue weighted by molar-refractivity contribution is 14.0. The van der Waals surface area contributed by atoms with Gasteiger partial charge in [-0.05, 0) is 44.3 Å². The summed E-state index contributed by atoms with van der Waals surface area (Å²) in [7, 11) is 0. The minimum absolute atomic E-state index is 0. The van der Waals surface area contributed by atoms with Gasteiger partial charge >= 0.3 is 0 Å². The van der Waals surface area contributed by atoms with E-state index in [9.17, 15) is 0 Å². The Labute approximate surface area is 167 Å². The second-order valence-electron chi connectivity index (χ2n) is 5.41. The summed E-state index contributed by atoms with van der Waals surface area (Å²) < 4.78 is 11.0. The molecule has 1 atom stereocenters. The maximum absolute atomic E-state index is 5.63. The van der Waals surface area contributed by atoms with Gasteiger partial charge in [-0.2, -0.15) is 0 Å². The molecule has 0 bridgehead atoms. The lowest BCUT2D eigenvalue weighted by molar-refractivity contribution is 0.193. The highest BCUT2D eigenvalue weighted by Crippen LogP contribution is 2.20. The molecule has 2 aromatic rings. The fourth-order valence-electron chi connectivity index (χ4n) is 2.65. The largest absolute Gasteiger partial charge is 0.468 e. The molecule has 0 aliphatic heterocycles. The van der Waals surface area contributed by atoms with Crippen molar-refractivity contribution in [1.29, 1.82) is 0 Å². The maximum Gasteiger partial charge on any atom is 0.191 e. The zero-order chi connectivity index (χ0) is 17.2. The summed E-state index contributed by atoms with van der Waals surface area (Å²) in [4.78, 5) is 6.93. The number of nitrogens with one attached hydrogen (secondary N) is 2. The van der Waals surface area contributed by atoms with Crippen LogP contribution >= 0.6 is 24.0 Å². The zero-order valence-corrected chi connectivity index (χ0v) is 17.5. The van der Waals surface area contributed by atoms with E-state index in [4.69, 9.17) is 8.83 Å². The second-order valence-corrected chi connectivity index (χ2v) is 5.41. The van der Waals surface area contributed by atoms with Crippen LogP contribution in [0.4, 0.5) is 0 Å². The van der Waals surface area contributed by atoms with E-state index in [1.165, 1.54) is 0 Å². The highest BCUT2D eigenvalue weighted by Gasteiger charge is 2.20. The van der Waals surface area contributed by atoms with Gasteiger partial charge in [0, 0.05) is 13.1 Å². The Morgan fingerprint density at radius 1 is 1.08 bits per heavy atom. The van der Waals surface area contributed by atoms with Crippen LogP contribution in [-0.4, -0.2) is 37.0 Å². The van der Waals surface area contributed by atoms with Gasteiger partial charge in [-0.1, -0.05) is 13.8 Å². The first-order valence-electron chi connectivity index (χ1n) is 8.60. The van der Waals surface area contributed by atoms with Gasteiger partial charge in [0.2, 0.25) is 0 Å². The summed E-state index contributed by atoms with van der Waals surface area (Å²) in [5.41, 5.74) is 0. The van der Waals surface area contributed by atoms with Crippen LogP contribution in [0.5, 0.6) is 0 Å². The number of hydrogen-bond donors (Lipinski definition) is 2. The van der Waals surface area contributed by atoms with E-state index in [0.717, 1.165) is 43.7 Å². The molecule has 0 saturated carbocycles. The average molecular weight is 460 g/mol. The second kappa shape index (κ2) is 12.0. The molecular weight excluding hydrogens is 431 g/mol. The van der Waals surface area contributed by atoms with E-state index in [0.29, 0.717) is 6.54 Å².